The maximum atomic E-state index is 13.9. The molecule has 3 aromatic rings. The molecule has 0 amide bonds. The van der Waals surface area contributed by atoms with Gasteiger partial charge in [0.2, 0.25) is 11.4 Å². The molecule has 1 saturated heterocycles. The lowest BCUT2D eigenvalue weighted by Gasteiger charge is -2.45. The van der Waals surface area contributed by atoms with Gasteiger partial charge in [-0.15, -0.1) is 0 Å². The number of benzene rings is 3. The quantitative estimate of drug-likeness (QED) is 0.426. The van der Waals surface area contributed by atoms with E-state index in [-0.39, 0.29) is 23.7 Å². The highest BCUT2D eigenvalue weighted by Crippen LogP contribution is 2.57. The van der Waals surface area contributed by atoms with Crippen LogP contribution in [0.4, 0.5) is 0 Å². The van der Waals surface area contributed by atoms with Crippen molar-refractivity contribution in [3.63, 3.8) is 0 Å². The van der Waals surface area contributed by atoms with Gasteiger partial charge in [0, 0.05) is 29.3 Å². The molecule has 40 heavy (non-hydrogen) atoms. The first-order valence-electron chi connectivity index (χ1n) is 12.4. The summed E-state index contributed by atoms with van der Waals surface area (Å²) in [5.74, 6) is -1.96. The van der Waals surface area contributed by atoms with Crippen LogP contribution in [-0.4, -0.2) is 63.9 Å². The van der Waals surface area contributed by atoms with E-state index in [0.29, 0.717) is 34.1 Å². The fourth-order valence-electron chi connectivity index (χ4n) is 5.31. The Morgan fingerprint density at radius 1 is 0.850 bits per heavy atom. The summed E-state index contributed by atoms with van der Waals surface area (Å²) in [7, 11) is 7.57. The molecule has 0 saturated carbocycles. The third-order valence-electron chi connectivity index (χ3n) is 7.36. The Balaban J connectivity index is 1.69. The number of aliphatic hydroxyl groups is 1. The van der Waals surface area contributed by atoms with Gasteiger partial charge in [0.1, 0.15) is 34.3 Å². The van der Waals surface area contributed by atoms with Crippen LogP contribution in [-0.2, 0) is 10.3 Å². The van der Waals surface area contributed by atoms with Crippen LogP contribution in [0.2, 0.25) is 0 Å². The number of Topliss-reactive ketones (excluding diaryl/α,β-unsaturated/α-hetero) is 1. The van der Waals surface area contributed by atoms with E-state index in [0.717, 1.165) is 0 Å². The van der Waals surface area contributed by atoms with Crippen LogP contribution in [0, 0.1) is 5.92 Å². The van der Waals surface area contributed by atoms with Crippen LogP contribution in [0.5, 0.6) is 40.2 Å². The van der Waals surface area contributed by atoms with Crippen molar-refractivity contribution in [1.29, 1.82) is 0 Å². The number of carbonyl (C=O) groups excluding carboxylic acids is 1. The minimum absolute atomic E-state index is 0.0509. The van der Waals surface area contributed by atoms with Crippen LogP contribution >= 0.6 is 0 Å². The Morgan fingerprint density at radius 2 is 1.50 bits per heavy atom. The Bertz CT molecular complexity index is 1460. The second kappa shape index (κ2) is 10.3. The zero-order chi connectivity index (χ0) is 28.7. The molecule has 1 fully saturated rings. The lowest BCUT2D eigenvalue weighted by atomic mass is 9.72. The highest BCUT2D eigenvalue weighted by atomic mass is 16.7. The Kier molecular flexibility index (Phi) is 6.99. The second-order valence-corrected chi connectivity index (χ2v) is 9.28. The summed E-state index contributed by atoms with van der Waals surface area (Å²) in [6.07, 6.45) is 3.56. The third kappa shape index (κ3) is 3.99. The predicted molar refractivity (Wildman–Crippen MR) is 144 cm³/mol. The van der Waals surface area contributed by atoms with Crippen LogP contribution in [0.25, 0.3) is 6.08 Å². The summed E-state index contributed by atoms with van der Waals surface area (Å²) in [6.45, 7) is -0.0771. The molecule has 3 aromatic carbocycles. The zero-order valence-corrected chi connectivity index (χ0v) is 22.7. The number of phenols is 1. The van der Waals surface area contributed by atoms with Crippen molar-refractivity contribution in [3.05, 3.63) is 71.3 Å². The maximum Gasteiger partial charge on any atom is 0.277 e. The van der Waals surface area contributed by atoms with E-state index >= 15 is 0 Å². The summed E-state index contributed by atoms with van der Waals surface area (Å²) < 4.78 is 39.4. The smallest absolute Gasteiger partial charge is 0.277 e. The van der Waals surface area contributed by atoms with Crippen molar-refractivity contribution >= 4 is 11.9 Å². The van der Waals surface area contributed by atoms with E-state index in [1.165, 1.54) is 47.7 Å². The van der Waals surface area contributed by atoms with E-state index in [1.54, 1.807) is 48.6 Å². The van der Waals surface area contributed by atoms with Gasteiger partial charge >= 0.3 is 0 Å². The second-order valence-electron chi connectivity index (χ2n) is 9.28. The van der Waals surface area contributed by atoms with Gasteiger partial charge < -0.3 is 43.4 Å². The number of aromatic hydroxyl groups is 1. The molecule has 2 N–H and O–H groups in total. The van der Waals surface area contributed by atoms with Crippen molar-refractivity contribution in [2.45, 2.75) is 11.4 Å². The standard InChI is InChI=1S/C30H30O10/c1-34-20-10-8-18(9-11-20)29-19(7-6-17-12-24(37-4)25(38-5)15-23(17)36-3)16-39-30(29,33)28(32)27-22(31)13-21(35-2)14-26(27)40-29/h6-15,19,31,33H,16H2,1-5H3. The van der Waals surface area contributed by atoms with Crippen LogP contribution in [0.15, 0.2) is 54.6 Å². The highest BCUT2D eigenvalue weighted by Gasteiger charge is 2.71. The molecular weight excluding hydrogens is 520 g/mol. The summed E-state index contributed by atoms with van der Waals surface area (Å²) >= 11 is 0. The van der Waals surface area contributed by atoms with E-state index in [4.69, 9.17) is 33.2 Å². The number of methoxy groups -OCH3 is 5. The zero-order valence-electron chi connectivity index (χ0n) is 22.7. The molecule has 0 aliphatic carbocycles. The number of ether oxygens (including phenoxy) is 7. The normalized spacial score (nSPS) is 23.2. The van der Waals surface area contributed by atoms with Gasteiger partial charge in [-0.05, 0) is 18.2 Å². The maximum absolute atomic E-state index is 13.9. The fraction of sp³-hybridized carbons (Fsp3) is 0.300. The van der Waals surface area contributed by atoms with Crippen molar-refractivity contribution in [1.82, 2.24) is 0 Å². The van der Waals surface area contributed by atoms with Crippen molar-refractivity contribution in [3.8, 4) is 40.2 Å². The predicted octanol–water partition coefficient (Wildman–Crippen LogP) is 3.95. The van der Waals surface area contributed by atoms with Gasteiger partial charge in [-0.3, -0.25) is 4.79 Å². The number of hydrogen-bond donors (Lipinski definition) is 2. The largest absolute Gasteiger partial charge is 0.507 e. The number of ketones is 1. The molecule has 3 unspecified atom stereocenters. The molecule has 0 spiro atoms. The summed E-state index contributed by atoms with van der Waals surface area (Å²) in [5, 5.41) is 22.6. The molecule has 0 radical (unpaired) electrons. The van der Waals surface area contributed by atoms with Gasteiger partial charge in [0.05, 0.1) is 48.1 Å². The fourth-order valence-corrected chi connectivity index (χ4v) is 5.31. The van der Waals surface area contributed by atoms with Crippen LogP contribution < -0.4 is 28.4 Å². The molecule has 210 valence electrons. The third-order valence-corrected chi connectivity index (χ3v) is 7.36. The number of phenolic OH excluding ortho intramolecular Hbond substituents is 1. The first kappa shape index (κ1) is 27.2. The summed E-state index contributed by atoms with van der Waals surface area (Å²) in [5.41, 5.74) is -0.813. The average Bonchev–Trinajstić information content (AvgIpc) is 3.28. The molecule has 10 heteroatoms. The topological polar surface area (TPSA) is 122 Å². The van der Waals surface area contributed by atoms with E-state index in [1.807, 2.05) is 0 Å². The average molecular weight is 551 g/mol. The van der Waals surface area contributed by atoms with Crippen molar-refractivity contribution in [2.75, 3.05) is 42.2 Å². The Morgan fingerprint density at radius 3 is 2.12 bits per heavy atom. The number of carbonyl (C=O) groups is 1. The van der Waals surface area contributed by atoms with E-state index in [2.05, 4.69) is 0 Å². The van der Waals surface area contributed by atoms with Gasteiger partial charge in [0.25, 0.3) is 5.79 Å². The molecule has 2 aliphatic rings. The molecule has 0 bridgehead atoms. The van der Waals surface area contributed by atoms with Crippen molar-refractivity contribution < 1.29 is 48.2 Å². The summed E-state index contributed by atoms with van der Waals surface area (Å²) in [6, 6.07) is 13.0. The number of hydrogen-bond acceptors (Lipinski definition) is 10. The summed E-state index contributed by atoms with van der Waals surface area (Å²) in [4.78, 5) is 13.9. The Labute approximate surface area is 231 Å². The van der Waals surface area contributed by atoms with E-state index in [9.17, 15) is 15.0 Å². The van der Waals surface area contributed by atoms with E-state index < -0.39 is 28.8 Å². The van der Waals surface area contributed by atoms with Gasteiger partial charge in [0.15, 0.2) is 11.5 Å². The van der Waals surface area contributed by atoms with Gasteiger partial charge in [-0.1, -0.05) is 24.3 Å². The molecule has 10 nitrogen and oxygen atoms in total. The molecular formula is C30H30O10. The van der Waals surface area contributed by atoms with Gasteiger partial charge in [-0.2, -0.15) is 0 Å². The van der Waals surface area contributed by atoms with Crippen molar-refractivity contribution in [2.24, 2.45) is 5.92 Å². The molecule has 3 atom stereocenters. The SMILES string of the molecule is COc1ccc(C23Oc4cc(OC)cc(O)c4C(=O)C2(O)OCC3C=Cc2cc(OC)c(OC)cc2OC)cc1. The molecule has 2 heterocycles. The lowest BCUT2D eigenvalue weighted by Crippen LogP contribution is -2.62. The lowest BCUT2D eigenvalue weighted by molar-refractivity contribution is -0.220. The molecule has 5 rings (SSSR count). The first-order chi connectivity index (χ1) is 19.3. The van der Waals surface area contributed by atoms with Gasteiger partial charge in [-0.25, -0.2) is 0 Å². The minimum atomic E-state index is -2.46. The molecule has 0 aromatic heterocycles. The monoisotopic (exact) mass is 550 g/mol. The Hall–Kier alpha value is -4.41. The minimum Gasteiger partial charge on any atom is -0.507 e. The number of rotatable bonds is 8. The highest BCUT2D eigenvalue weighted by molar-refractivity contribution is 6.08. The van der Waals surface area contributed by atoms with Crippen LogP contribution in [0.3, 0.4) is 0 Å². The van der Waals surface area contributed by atoms with Crippen LogP contribution in [0.1, 0.15) is 21.5 Å². The number of fused-ring (bicyclic) bond motifs is 2. The first-order valence-corrected chi connectivity index (χ1v) is 12.4. The molecule has 2 aliphatic heterocycles.